The minimum Gasteiger partial charge on any atom is -0.497 e. The highest BCUT2D eigenvalue weighted by atomic mass is 16.5. The Bertz CT molecular complexity index is 1010. The largest absolute Gasteiger partial charge is 0.497 e. The van der Waals surface area contributed by atoms with E-state index in [1.54, 1.807) is 14.2 Å². The maximum absolute atomic E-state index is 13.2. The van der Waals surface area contributed by atoms with Crippen molar-refractivity contribution in [2.75, 3.05) is 26.1 Å². The fourth-order valence-corrected chi connectivity index (χ4v) is 3.60. The molecule has 134 valence electrons. The monoisotopic (exact) mass is 350 g/mol. The van der Waals surface area contributed by atoms with Gasteiger partial charge in [0.1, 0.15) is 11.5 Å². The van der Waals surface area contributed by atoms with E-state index < -0.39 is 0 Å². The van der Waals surface area contributed by atoms with Crippen LogP contribution in [0.25, 0.3) is 10.9 Å². The molecule has 0 aliphatic carbocycles. The van der Waals surface area contributed by atoms with E-state index in [4.69, 9.17) is 9.47 Å². The molecule has 1 N–H and O–H groups in total. The topological polar surface area (TPSA) is 52.5 Å². The third kappa shape index (κ3) is 2.79. The van der Waals surface area contributed by atoms with E-state index in [0.717, 1.165) is 58.6 Å². The Morgan fingerprint density at radius 2 is 1.77 bits per heavy atom. The number of ether oxygens (including phenoxy) is 2. The van der Waals surface area contributed by atoms with Crippen molar-refractivity contribution in [1.82, 2.24) is 4.57 Å². The molecule has 4 rings (SSSR count). The second-order valence-electron chi connectivity index (χ2n) is 6.51. The van der Waals surface area contributed by atoms with Gasteiger partial charge in [-0.15, -0.1) is 0 Å². The molecule has 1 aromatic heterocycles. The SMILES string of the molecule is COc1ccc(Cn2c(=O)c3c(c4ccc(OC)cc42)NCCC3)cc1. The summed E-state index contributed by atoms with van der Waals surface area (Å²) in [6.45, 7) is 1.41. The Labute approximate surface area is 152 Å². The Kier molecular flexibility index (Phi) is 4.29. The predicted octanol–water partition coefficient (Wildman–Crippen LogP) is 3.43. The molecule has 5 heteroatoms. The van der Waals surface area contributed by atoms with E-state index in [9.17, 15) is 4.79 Å². The smallest absolute Gasteiger partial charge is 0.256 e. The lowest BCUT2D eigenvalue weighted by Gasteiger charge is -2.23. The van der Waals surface area contributed by atoms with Gasteiger partial charge >= 0.3 is 0 Å². The van der Waals surface area contributed by atoms with Crippen molar-refractivity contribution in [2.45, 2.75) is 19.4 Å². The van der Waals surface area contributed by atoms with Crippen LogP contribution in [-0.4, -0.2) is 25.3 Å². The molecule has 2 heterocycles. The molecule has 0 saturated heterocycles. The Balaban J connectivity index is 1.91. The minimum absolute atomic E-state index is 0.0729. The van der Waals surface area contributed by atoms with Crippen molar-refractivity contribution >= 4 is 16.6 Å². The molecular weight excluding hydrogens is 328 g/mol. The summed E-state index contributed by atoms with van der Waals surface area (Å²) in [5, 5.41) is 4.48. The quantitative estimate of drug-likeness (QED) is 0.783. The summed E-state index contributed by atoms with van der Waals surface area (Å²) in [5.41, 5.74) is 3.87. The molecule has 1 aliphatic rings. The van der Waals surface area contributed by atoms with Crippen LogP contribution in [0.1, 0.15) is 17.5 Å². The molecule has 3 aromatic rings. The fraction of sp³-hybridized carbons (Fsp3) is 0.286. The second-order valence-corrected chi connectivity index (χ2v) is 6.51. The normalized spacial score (nSPS) is 13.2. The molecule has 0 unspecified atom stereocenters. The summed E-state index contributed by atoms with van der Waals surface area (Å²) < 4.78 is 12.5. The Hall–Kier alpha value is -2.95. The third-order valence-electron chi connectivity index (χ3n) is 4.98. The van der Waals surface area contributed by atoms with Crippen LogP contribution in [0, 0.1) is 0 Å². The van der Waals surface area contributed by atoms with Crippen LogP contribution in [0.5, 0.6) is 11.5 Å². The molecule has 2 aromatic carbocycles. The Morgan fingerprint density at radius 3 is 2.50 bits per heavy atom. The number of hydrogen-bond donors (Lipinski definition) is 1. The van der Waals surface area contributed by atoms with Gasteiger partial charge in [0.15, 0.2) is 0 Å². The van der Waals surface area contributed by atoms with Gasteiger partial charge in [-0.2, -0.15) is 0 Å². The summed E-state index contributed by atoms with van der Waals surface area (Å²) in [6.07, 6.45) is 1.79. The van der Waals surface area contributed by atoms with Crippen LogP contribution in [-0.2, 0) is 13.0 Å². The molecule has 1 aliphatic heterocycles. The molecule has 26 heavy (non-hydrogen) atoms. The van der Waals surface area contributed by atoms with Gasteiger partial charge in [-0.05, 0) is 42.7 Å². The molecule has 0 atom stereocenters. The summed E-state index contributed by atoms with van der Waals surface area (Å²) >= 11 is 0. The second kappa shape index (κ2) is 6.75. The fourth-order valence-electron chi connectivity index (χ4n) is 3.60. The van der Waals surface area contributed by atoms with Gasteiger partial charge < -0.3 is 19.4 Å². The van der Waals surface area contributed by atoms with E-state index in [0.29, 0.717) is 6.54 Å². The van der Waals surface area contributed by atoms with Gasteiger partial charge in [-0.3, -0.25) is 4.79 Å². The average molecular weight is 350 g/mol. The van der Waals surface area contributed by atoms with Gasteiger partial charge in [-0.1, -0.05) is 12.1 Å². The zero-order valence-electron chi connectivity index (χ0n) is 15.0. The maximum atomic E-state index is 13.2. The number of pyridine rings is 1. The van der Waals surface area contributed by atoms with E-state index in [1.165, 1.54) is 0 Å². The Morgan fingerprint density at radius 1 is 1.04 bits per heavy atom. The molecule has 0 amide bonds. The summed E-state index contributed by atoms with van der Waals surface area (Å²) in [4.78, 5) is 13.2. The molecular formula is C21H22N2O3. The van der Waals surface area contributed by atoms with Gasteiger partial charge in [-0.25, -0.2) is 0 Å². The first-order valence-electron chi connectivity index (χ1n) is 8.81. The number of nitrogens with zero attached hydrogens (tertiary/aromatic N) is 1. The van der Waals surface area contributed by atoms with Crippen LogP contribution in [0.15, 0.2) is 47.3 Å². The van der Waals surface area contributed by atoms with Gasteiger partial charge in [0, 0.05) is 23.6 Å². The van der Waals surface area contributed by atoms with Gasteiger partial charge in [0.2, 0.25) is 0 Å². The van der Waals surface area contributed by atoms with E-state index >= 15 is 0 Å². The van der Waals surface area contributed by atoms with Crippen LogP contribution >= 0.6 is 0 Å². The molecule has 0 radical (unpaired) electrons. The summed E-state index contributed by atoms with van der Waals surface area (Å²) in [7, 11) is 3.29. The predicted molar refractivity (Wildman–Crippen MR) is 104 cm³/mol. The number of anilines is 1. The lowest BCUT2D eigenvalue weighted by atomic mass is 10.0. The standard InChI is InChI=1S/C21H22N2O3/c1-25-15-7-5-14(6-8-15)13-23-19-12-16(26-2)9-10-17(19)20-18(21(23)24)4-3-11-22-20/h5-10,12,22H,3-4,11,13H2,1-2H3. The lowest BCUT2D eigenvalue weighted by Crippen LogP contribution is -2.29. The zero-order chi connectivity index (χ0) is 18.1. The molecule has 0 saturated carbocycles. The van der Waals surface area contributed by atoms with Crippen molar-refractivity contribution in [2.24, 2.45) is 0 Å². The number of benzene rings is 2. The van der Waals surface area contributed by atoms with Crippen LogP contribution in [0.4, 0.5) is 5.69 Å². The summed E-state index contributed by atoms with van der Waals surface area (Å²) in [5.74, 6) is 1.55. The highest BCUT2D eigenvalue weighted by molar-refractivity contribution is 5.94. The number of rotatable bonds is 4. The van der Waals surface area contributed by atoms with Crippen molar-refractivity contribution in [1.29, 1.82) is 0 Å². The van der Waals surface area contributed by atoms with E-state index in [1.807, 2.05) is 47.0 Å². The van der Waals surface area contributed by atoms with E-state index in [-0.39, 0.29) is 5.56 Å². The first-order chi connectivity index (χ1) is 12.7. The van der Waals surface area contributed by atoms with Crippen LogP contribution in [0.2, 0.25) is 0 Å². The average Bonchev–Trinajstić information content (AvgIpc) is 2.71. The number of nitrogens with one attached hydrogen (secondary N) is 1. The minimum atomic E-state index is 0.0729. The van der Waals surface area contributed by atoms with Gasteiger partial charge in [0.05, 0.1) is 32.0 Å². The first kappa shape index (κ1) is 16.5. The third-order valence-corrected chi connectivity index (χ3v) is 4.98. The van der Waals surface area contributed by atoms with Gasteiger partial charge in [0.25, 0.3) is 5.56 Å². The molecule has 0 fully saturated rings. The number of hydrogen-bond acceptors (Lipinski definition) is 4. The van der Waals surface area contributed by atoms with E-state index in [2.05, 4.69) is 5.32 Å². The van der Waals surface area contributed by atoms with Crippen molar-refractivity contribution in [3.8, 4) is 11.5 Å². The van der Waals surface area contributed by atoms with Crippen molar-refractivity contribution < 1.29 is 9.47 Å². The number of methoxy groups -OCH3 is 2. The molecule has 0 bridgehead atoms. The maximum Gasteiger partial charge on any atom is 0.256 e. The van der Waals surface area contributed by atoms with Crippen LogP contribution in [0.3, 0.4) is 0 Å². The first-order valence-corrected chi connectivity index (χ1v) is 8.81. The zero-order valence-corrected chi connectivity index (χ0v) is 15.0. The lowest BCUT2D eigenvalue weighted by molar-refractivity contribution is 0.414. The molecule has 0 spiro atoms. The van der Waals surface area contributed by atoms with Crippen LogP contribution < -0.4 is 20.3 Å². The van der Waals surface area contributed by atoms with Crippen molar-refractivity contribution in [3.63, 3.8) is 0 Å². The highest BCUT2D eigenvalue weighted by Gasteiger charge is 2.19. The number of aromatic nitrogens is 1. The van der Waals surface area contributed by atoms with Crippen molar-refractivity contribution in [3.05, 3.63) is 63.9 Å². The highest BCUT2D eigenvalue weighted by Crippen LogP contribution is 2.31. The summed E-state index contributed by atoms with van der Waals surface area (Å²) in [6, 6.07) is 13.8. The number of fused-ring (bicyclic) bond motifs is 3. The molecule has 5 nitrogen and oxygen atoms in total.